The van der Waals surface area contributed by atoms with Crippen LogP contribution in [0.1, 0.15) is 11.1 Å². The molecule has 0 saturated carbocycles. The van der Waals surface area contributed by atoms with Crippen LogP contribution < -0.4 is 10.1 Å². The lowest BCUT2D eigenvalue weighted by Crippen LogP contribution is -2.21. The van der Waals surface area contributed by atoms with Gasteiger partial charge in [-0.3, -0.25) is 4.79 Å². The van der Waals surface area contributed by atoms with Crippen LogP contribution in [0.2, 0.25) is 5.02 Å². The average Bonchev–Trinajstić information content (AvgIpc) is 2.49. The van der Waals surface area contributed by atoms with Crippen LogP contribution >= 0.6 is 11.6 Å². The van der Waals surface area contributed by atoms with Gasteiger partial charge in [0, 0.05) is 10.7 Å². The van der Waals surface area contributed by atoms with E-state index >= 15 is 0 Å². The molecule has 4 heteroatoms. The Bertz CT molecular complexity index is 683. The predicted molar refractivity (Wildman–Crippen MR) is 90.7 cm³/mol. The molecule has 1 N–H and O–H groups in total. The molecule has 0 fully saturated rings. The topological polar surface area (TPSA) is 38.3 Å². The molecule has 2 aromatic rings. The molecule has 2 aromatic carbocycles. The first kappa shape index (κ1) is 16.1. The van der Waals surface area contributed by atoms with Crippen molar-refractivity contribution < 1.29 is 9.53 Å². The van der Waals surface area contributed by atoms with Crippen molar-refractivity contribution in [3.63, 3.8) is 0 Å². The maximum atomic E-state index is 12.0. The van der Waals surface area contributed by atoms with Gasteiger partial charge < -0.3 is 10.1 Å². The number of allylic oxidation sites excluding steroid dienone is 1. The summed E-state index contributed by atoms with van der Waals surface area (Å²) in [6.45, 7) is 5.56. The van der Waals surface area contributed by atoms with Crippen LogP contribution in [0.15, 0.2) is 55.1 Å². The number of benzene rings is 2. The molecule has 0 aliphatic carbocycles. The SMILES string of the molecule is C=CCc1ccccc1OCC(=O)Nc1ccc(Cl)cc1C. The van der Waals surface area contributed by atoms with Gasteiger partial charge in [0.25, 0.3) is 5.91 Å². The van der Waals surface area contributed by atoms with E-state index in [0.717, 1.165) is 16.8 Å². The molecule has 0 spiro atoms. The van der Waals surface area contributed by atoms with Crippen LogP contribution in [0.4, 0.5) is 5.69 Å². The first-order chi connectivity index (χ1) is 10.6. The molecule has 0 aromatic heterocycles. The second kappa shape index (κ2) is 7.66. The van der Waals surface area contributed by atoms with E-state index in [4.69, 9.17) is 16.3 Å². The summed E-state index contributed by atoms with van der Waals surface area (Å²) < 4.78 is 5.60. The van der Waals surface area contributed by atoms with E-state index in [1.165, 1.54) is 0 Å². The monoisotopic (exact) mass is 315 g/mol. The Balaban J connectivity index is 1.97. The van der Waals surface area contributed by atoms with Crippen molar-refractivity contribution in [3.8, 4) is 5.75 Å². The largest absolute Gasteiger partial charge is 0.483 e. The maximum Gasteiger partial charge on any atom is 0.262 e. The lowest BCUT2D eigenvalue weighted by atomic mass is 10.1. The Morgan fingerprint density at radius 3 is 2.82 bits per heavy atom. The van der Waals surface area contributed by atoms with Crippen molar-refractivity contribution in [1.29, 1.82) is 0 Å². The fourth-order valence-electron chi connectivity index (χ4n) is 2.07. The molecule has 0 radical (unpaired) electrons. The van der Waals surface area contributed by atoms with E-state index < -0.39 is 0 Å². The number of rotatable bonds is 6. The average molecular weight is 316 g/mol. The molecule has 22 heavy (non-hydrogen) atoms. The molecule has 114 valence electrons. The highest BCUT2D eigenvalue weighted by Gasteiger charge is 2.08. The molecule has 0 saturated heterocycles. The Morgan fingerprint density at radius 2 is 2.09 bits per heavy atom. The zero-order valence-electron chi connectivity index (χ0n) is 12.4. The lowest BCUT2D eigenvalue weighted by molar-refractivity contribution is -0.118. The van der Waals surface area contributed by atoms with Gasteiger partial charge in [-0.2, -0.15) is 0 Å². The molecule has 1 amide bonds. The fourth-order valence-corrected chi connectivity index (χ4v) is 2.29. The van der Waals surface area contributed by atoms with E-state index in [2.05, 4.69) is 11.9 Å². The molecular weight excluding hydrogens is 298 g/mol. The Morgan fingerprint density at radius 1 is 1.32 bits per heavy atom. The molecule has 0 unspecified atom stereocenters. The van der Waals surface area contributed by atoms with Crippen LogP contribution in [0.25, 0.3) is 0 Å². The number of hydrogen-bond acceptors (Lipinski definition) is 2. The van der Waals surface area contributed by atoms with Gasteiger partial charge in [0.05, 0.1) is 0 Å². The van der Waals surface area contributed by atoms with Gasteiger partial charge >= 0.3 is 0 Å². The second-order valence-electron chi connectivity index (χ2n) is 4.90. The third kappa shape index (κ3) is 4.37. The van der Waals surface area contributed by atoms with E-state index in [0.29, 0.717) is 17.2 Å². The van der Waals surface area contributed by atoms with Gasteiger partial charge in [0.2, 0.25) is 0 Å². The number of amides is 1. The minimum Gasteiger partial charge on any atom is -0.483 e. The predicted octanol–water partition coefficient (Wildman–Crippen LogP) is 4.39. The molecule has 0 bridgehead atoms. The molecule has 0 heterocycles. The summed E-state index contributed by atoms with van der Waals surface area (Å²) in [6, 6.07) is 12.9. The van der Waals surface area contributed by atoms with Gasteiger partial charge in [-0.05, 0) is 48.7 Å². The summed E-state index contributed by atoms with van der Waals surface area (Å²) in [4.78, 5) is 12.0. The number of nitrogens with one attached hydrogen (secondary N) is 1. The third-order valence-electron chi connectivity index (χ3n) is 3.16. The van der Waals surface area contributed by atoms with Gasteiger partial charge in [0.1, 0.15) is 5.75 Å². The molecular formula is C18H18ClNO2. The molecule has 3 nitrogen and oxygen atoms in total. The van der Waals surface area contributed by atoms with Crippen molar-refractivity contribution in [1.82, 2.24) is 0 Å². The van der Waals surface area contributed by atoms with E-state index in [-0.39, 0.29) is 12.5 Å². The van der Waals surface area contributed by atoms with E-state index in [9.17, 15) is 4.79 Å². The summed E-state index contributed by atoms with van der Waals surface area (Å²) >= 11 is 5.90. The highest BCUT2D eigenvalue weighted by molar-refractivity contribution is 6.30. The number of para-hydroxylation sites is 1. The summed E-state index contributed by atoms with van der Waals surface area (Å²) in [6.07, 6.45) is 2.51. The highest BCUT2D eigenvalue weighted by Crippen LogP contribution is 2.21. The van der Waals surface area contributed by atoms with Crippen LogP contribution in [0.5, 0.6) is 5.75 Å². The number of anilines is 1. The zero-order valence-corrected chi connectivity index (χ0v) is 13.2. The standard InChI is InChI=1S/C18H18ClNO2/c1-3-6-14-7-4-5-8-17(14)22-12-18(21)20-16-10-9-15(19)11-13(16)2/h3-5,7-11H,1,6,12H2,2H3,(H,20,21). The number of aryl methyl sites for hydroxylation is 1. The van der Waals surface area contributed by atoms with Crippen molar-refractivity contribution in [2.45, 2.75) is 13.3 Å². The number of carbonyl (C=O) groups is 1. The molecule has 0 aliphatic heterocycles. The van der Waals surface area contributed by atoms with Gasteiger partial charge in [0.15, 0.2) is 6.61 Å². The summed E-state index contributed by atoms with van der Waals surface area (Å²) in [7, 11) is 0. The van der Waals surface area contributed by atoms with E-state index in [1.54, 1.807) is 24.3 Å². The quantitative estimate of drug-likeness (QED) is 0.803. The fraction of sp³-hybridized carbons (Fsp3) is 0.167. The minimum atomic E-state index is -0.209. The Hall–Kier alpha value is -2.26. The number of halogens is 1. The van der Waals surface area contributed by atoms with E-state index in [1.807, 2.05) is 31.2 Å². The maximum absolute atomic E-state index is 12.0. The van der Waals surface area contributed by atoms with Crippen molar-refractivity contribution >= 4 is 23.2 Å². The highest BCUT2D eigenvalue weighted by atomic mass is 35.5. The first-order valence-corrected chi connectivity index (χ1v) is 7.35. The number of ether oxygens (including phenoxy) is 1. The van der Waals surface area contributed by atoms with Crippen LogP contribution in [0.3, 0.4) is 0 Å². The Kier molecular flexibility index (Phi) is 5.61. The number of carbonyl (C=O) groups excluding carboxylic acids is 1. The molecule has 2 rings (SSSR count). The van der Waals surface area contributed by atoms with Crippen LogP contribution in [-0.4, -0.2) is 12.5 Å². The second-order valence-corrected chi connectivity index (χ2v) is 5.33. The normalized spacial score (nSPS) is 10.1. The summed E-state index contributed by atoms with van der Waals surface area (Å²) in [5.74, 6) is 0.490. The van der Waals surface area contributed by atoms with Crippen LogP contribution in [0, 0.1) is 6.92 Å². The third-order valence-corrected chi connectivity index (χ3v) is 3.39. The van der Waals surface area contributed by atoms with Gasteiger partial charge in [-0.25, -0.2) is 0 Å². The minimum absolute atomic E-state index is 0.0454. The van der Waals surface area contributed by atoms with Crippen molar-refractivity contribution in [2.24, 2.45) is 0 Å². The smallest absolute Gasteiger partial charge is 0.262 e. The first-order valence-electron chi connectivity index (χ1n) is 6.97. The summed E-state index contributed by atoms with van der Waals surface area (Å²) in [5.41, 5.74) is 2.65. The Labute approximate surface area is 135 Å². The van der Waals surface area contributed by atoms with Gasteiger partial charge in [-0.1, -0.05) is 35.9 Å². The van der Waals surface area contributed by atoms with Crippen molar-refractivity contribution in [3.05, 3.63) is 71.3 Å². The van der Waals surface area contributed by atoms with Gasteiger partial charge in [-0.15, -0.1) is 6.58 Å². The zero-order chi connectivity index (χ0) is 15.9. The lowest BCUT2D eigenvalue weighted by Gasteiger charge is -2.12. The molecule has 0 aliphatic rings. The van der Waals surface area contributed by atoms with Crippen molar-refractivity contribution in [2.75, 3.05) is 11.9 Å². The molecule has 0 atom stereocenters. The summed E-state index contributed by atoms with van der Waals surface area (Å²) in [5, 5.41) is 3.46. The number of hydrogen-bond donors (Lipinski definition) is 1. The van der Waals surface area contributed by atoms with Crippen LogP contribution in [-0.2, 0) is 11.2 Å².